The summed E-state index contributed by atoms with van der Waals surface area (Å²) in [7, 11) is 0. The van der Waals surface area contributed by atoms with Gasteiger partial charge < -0.3 is 11.5 Å². The highest BCUT2D eigenvalue weighted by atomic mass is 16.1. The normalized spacial score (nSPS) is 26.0. The average molecular weight is 262 g/mol. The summed E-state index contributed by atoms with van der Waals surface area (Å²) in [5, 5.41) is 0. The Balaban J connectivity index is 2.18. The van der Waals surface area contributed by atoms with Crippen LogP contribution in [-0.4, -0.2) is 34.9 Å². The predicted octanol–water partition coefficient (Wildman–Crippen LogP) is 0.667. The van der Waals surface area contributed by atoms with E-state index in [9.17, 15) is 4.79 Å². The van der Waals surface area contributed by atoms with Crippen molar-refractivity contribution in [3.8, 4) is 0 Å². The van der Waals surface area contributed by atoms with Gasteiger partial charge in [-0.05, 0) is 37.5 Å². The molecule has 3 atom stereocenters. The number of aromatic nitrogens is 1. The van der Waals surface area contributed by atoms with Crippen LogP contribution in [0.2, 0.25) is 0 Å². The number of carbonyl (C=O) groups is 1. The van der Waals surface area contributed by atoms with Crippen molar-refractivity contribution >= 4 is 5.91 Å². The molecule has 1 aromatic rings. The number of likely N-dealkylation sites (tertiary alicyclic amines) is 1. The van der Waals surface area contributed by atoms with Crippen molar-refractivity contribution in [3.63, 3.8) is 0 Å². The molecule has 1 saturated heterocycles. The molecule has 1 amide bonds. The van der Waals surface area contributed by atoms with E-state index >= 15 is 0 Å². The molecule has 0 radical (unpaired) electrons. The molecule has 2 rings (SSSR count). The minimum atomic E-state index is -0.206. The molecule has 0 aromatic carbocycles. The van der Waals surface area contributed by atoms with Crippen LogP contribution in [0.4, 0.5) is 0 Å². The molecular formula is C14H22N4O. The number of hydrogen-bond acceptors (Lipinski definition) is 4. The van der Waals surface area contributed by atoms with Crippen LogP contribution < -0.4 is 11.5 Å². The average Bonchev–Trinajstić information content (AvgIpc) is 2.42. The lowest BCUT2D eigenvalue weighted by Gasteiger charge is -2.41. The SMILES string of the molecule is CC1CCC(C(N)=O)CN1C(CN)c1ccncc1. The number of nitrogens with two attached hydrogens (primary N) is 2. The number of primary amides is 1. The molecule has 2 heterocycles. The van der Waals surface area contributed by atoms with Crippen molar-refractivity contribution in [2.45, 2.75) is 31.8 Å². The van der Waals surface area contributed by atoms with E-state index in [1.807, 2.05) is 12.1 Å². The maximum Gasteiger partial charge on any atom is 0.221 e. The van der Waals surface area contributed by atoms with Gasteiger partial charge in [-0.25, -0.2) is 0 Å². The second-order valence-corrected chi connectivity index (χ2v) is 5.25. The molecule has 4 N–H and O–H groups in total. The molecule has 19 heavy (non-hydrogen) atoms. The maximum atomic E-state index is 11.4. The highest BCUT2D eigenvalue weighted by Crippen LogP contribution is 2.30. The minimum Gasteiger partial charge on any atom is -0.369 e. The largest absolute Gasteiger partial charge is 0.369 e. The fourth-order valence-corrected chi connectivity index (χ4v) is 2.85. The lowest BCUT2D eigenvalue weighted by Crippen LogP contribution is -2.49. The van der Waals surface area contributed by atoms with Gasteiger partial charge in [0.25, 0.3) is 0 Å². The van der Waals surface area contributed by atoms with Crippen LogP contribution in [-0.2, 0) is 4.79 Å². The first-order valence-corrected chi connectivity index (χ1v) is 6.78. The monoisotopic (exact) mass is 262 g/mol. The second kappa shape index (κ2) is 6.12. The van der Waals surface area contributed by atoms with E-state index in [0.717, 1.165) is 18.4 Å². The molecule has 0 saturated carbocycles. The summed E-state index contributed by atoms with van der Waals surface area (Å²) in [6, 6.07) is 4.51. The van der Waals surface area contributed by atoms with Crippen LogP contribution in [0.5, 0.6) is 0 Å². The molecule has 0 aliphatic carbocycles. The number of piperidine rings is 1. The fraction of sp³-hybridized carbons (Fsp3) is 0.571. The number of amides is 1. The van der Waals surface area contributed by atoms with Crippen molar-refractivity contribution in [3.05, 3.63) is 30.1 Å². The highest BCUT2D eigenvalue weighted by Gasteiger charge is 2.33. The molecular weight excluding hydrogens is 240 g/mol. The molecule has 104 valence electrons. The van der Waals surface area contributed by atoms with Crippen LogP contribution >= 0.6 is 0 Å². The Morgan fingerprint density at radius 3 is 2.74 bits per heavy atom. The van der Waals surface area contributed by atoms with E-state index < -0.39 is 0 Å². The topological polar surface area (TPSA) is 85.2 Å². The Labute approximate surface area is 114 Å². The summed E-state index contributed by atoms with van der Waals surface area (Å²) in [4.78, 5) is 17.7. The predicted molar refractivity (Wildman–Crippen MR) is 74.1 cm³/mol. The smallest absolute Gasteiger partial charge is 0.221 e. The zero-order chi connectivity index (χ0) is 13.8. The third kappa shape index (κ3) is 3.11. The zero-order valence-electron chi connectivity index (χ0n) is 11.3. The zero-order valence-corrected chi connectivity index (χ0v) is 11.3. The summed E-state index contributed by atoms with van der Waals surface area (Å²) in [6.45, 7) is 3.40. The van der Waals surface area contributed by atoms with Crippen LogP contribution in [0.3, 0.4) is 0 Å². The van der Waals surface area contributed by atoms with Gasteiger partial charge in [0.2, 0.25) is 5.91 Å². The number of carbonyl (C=O) groups excluding carboxylic acids is 1. The van der Waals surface area contributed by atoms with Gasteiger partial charge in [0.05, 0.1) is 5.92 Å². The number of rotatable bonds is 4. The Bertz CT molecular complexity index is 423. The Kier molecular flexibility index (Phi) is 4.50. The van der Waals surface area contributed by atoms with Gasteiger partial charge in [0.15, 0.2) is 0 Å². The van der Waals surface area contributed by atoms with Crippen LogP contribution in [0.1, 0.15) is 31.4 Å². The van der Waals surface area contributed by atoms with Gasteiger partial charge in [-0.1, -0.05) is 0 Å². The molecule has 3 unspecified atom stereocenters. The first kappa shape index (κ1) is 14.0. The first-order valence-electron chi connectivity index (χ1n) is 6.78. The lowest BCUT2D eigenvalue weighted by molar-refractivity contribution is -0.124. The number of nitrogens with zero attached hydrogens (tertiary/aromatic N) is 2. The summed E-state index contributed by atoms with van der Waals surface area (Å²) >= 11 is 0. The maximum absolute atomic E-state index is 11.4. The van der Waals surface area contributed by atoms with Crippen molar-refractivity contribution < 1.29 is 4.79 Å². The number of hydrogen-bond donors (Lipinski definition) is 2. The Morgan fingerprint density at radius 1 is 1.47 bits per heavy atom. The van der Waals surface area contributed by atoms with E-state index in [4.69, 9.17) is 11.5 Å². The molecule has 0 bridgehead atoms. The molecule has 5 heteroatoms. The van der Waals surface area contributed by atoms with E-state index in [2.05, 4.69) is 16.8 Å². The van der Waals surface area contributed by atoms with Crippen molar-refractivity contribution in [1.82, 2.24) is 9.88 Å². The van der Waals surface area contributed by atoms with Crippen LogP contribution in [0.25, 0.3) is 0 Å². The van der Waals surface area contributed by atoms with Crippen molar-refractivity contribution in [1.29, 1.82) is 0 Å². The molecule has 1 aliphatic heterocycles. The third-order valence-corrected chi connectivity index (χ3v) is 4.05. The minimum absolute atomic E-state index is 0.0629. The second-order valence-electron chi connectivity index (χ2n) is 5.25. The quantitative estimate of drug-likeness (QED) is 0.835. The lowest BCUT2D eigenvalue weighted by atomic mass is 9.90. The summed E-state index contributed by atoms with van der Waals surface area (Å²) < 4.78 is 0. The first-order chi connectivity index (χ1) is 9.13. The van der Waals surface area contributed by atoms with Gasteiger partial charge in [-0.2, -0.15) is 0 Å². The van der Waals surface area contributed by atoms with Gasteiger partial charge in [-0.3, -0.25) is 14.7 Å². The Morgan fingerprint density at radius 2 is 2.16 bits per heavy atom. The van der Waals surface area contributed by atoms with Gasteiger partial charge in [-0.15, -0.1) is 0 Å². The van der Waals surface area contributed by atoms with E-state index in [-0.39, 0.29) is 17.9 Å². The van der Waals surface area contributed by atoms with Crippen LogP contribution in [0, 0.1) is 5.92 Å². The molecule has 5 nitrogen and oxygen atoms in total. The summed E-state index contributed by atoms with van der Waals surface area (Å²) in [5.74, 6) is -0.269. The van der Waals surface area contributed by atoms with E-state index in [1.165, 1.54) is 0 Å². The van der Waals surface area contributed by atoms with Gasteiger partial charge >= 0.3 is 0 Å². The summed E-state index contributed by atoms with van der Waals surface area (Å²) in [6.07, 6.45) is 5.41. The highest BCUT2D eigenvalue weighted by molar-refractivity contribution is 5.77. The standard InChI is InChI=1S/C14H22N4O/c1-10-2-3-12(14(16)19)9-18(10)13(8-15)11-4-6-17-7-5-11/h4-7,10,12-13H,2-3,8-9,15H2,1H3,(H2,16,19). The fourth-order valence-electron chi connectivity index (χ4n) is 2.85. The molecule has 0 spiro atoms. The van der Waals surface area contributed by atoms with Gasteiger partial charge in [0.1, 0.15) is 0 Å². The molecule has 1 aromatic heterocycles. The van der Waals surface area contributed by atoms with Crippen molar-refractivity contribution in [2.75, 3.05) is 13.1 Å². The number of pyridine rings is 1. The van der Waals surface area contributed by atoms with Crippen molar-refractivity contribution in [2.24, 2.45) is 17.4 Å². The Hall–Kier alpha value is -1.46. The molecule has 1 fully saturated rings. The molecule has 1 aliphatic rings. The van der Waals surface area contributed by atoms with E-state index in [0.29, 0.717) is 19.1 Å². The van der Waals surface area contributed by atoms with E-state index in [1.54, 1.807) is 12.4 Å². The summed E-state index contributed by atoms with van der Waals surface area (Å²) in [5.41, 5.74) is 12.5. The third-order valence-electron chi connectivity index (χ3n) is 4.05. The van der Waals surface area contributed by atoms with Gasteiger partial charge in [0, 0.05) is 37.6 Å². The van der Waals surface area contributed by atoms with Crippen LogP contribution in [0.15, 0.2) is 24.5 Å².